The maximum absolute atomic E-state index is 6.26. The Morgan fingerprint density at radius 2 is 1.85 bits per heavy atom. The standard InChI is InChI=1S/C17H27NO2/c1-11(2)16-6-5-12(3)7-17(16)20-15-9-13(18)8-14(10-15)19-4/h8-12,16-17H,5-7,18H2,1-4H3. The van der Waals surface area contributed by atoms with Gasteiger partial charge in [-0.15, -0.1) is 0 Å². The summed E-state index contributed by atoms with van der Waals surface area (Å²) in [5, 5.41) is 0. The lowest BCUT2D eigenvalue weighted by molar-refractivity contribution is 0.0459. The summed E-state index contributed by atoms with van der Waals surface area (Å²) in [4.78, 5) is 0. The van der Waals surface area contributed by atoms with Gasteiger partial charge in [-0.2, -0.15) is 0 Å². The number of methoxy groups -OCH3 is 1. The smallest absolute Gasteiger partial charge is 0.125 e. The van der Waals surface area contributed by atoms with Crippen LogP contribution in [-0.4, -0.2) is 13.2 Å². The zero-order valence-corrected chi connectivity index (χ0v) is 13.1. The zero-order valence-electron chi connectivity index (χ0n) is 13.1. The van der Waals surface area contributed by atoms with Crippen molar-refractivity contribution in [2.45, 2.75) is 46.1 Å². The summed E-state index contributed by atoms with van der Waals surface area (Å²) < 4.78 is 11.5. The van der Waals surface area contributed by atoms with Crippen LogP contribution in [0.3, 0.4) is 0 Å². The number of hydrogen-bond acceptors (Lipinski definition) is 3. The highest BCUT2D eigenvalue weighted by molar-refractivity contribution is 5.50. The Balaban J connectivity index is 2.15. The molecule has 3 atom stereocenters. The summed E-state index contributed by atoms with van der Waals surface area (Å²) in [5.41, 5.74) is 6.59. The lowest BCUT2D eigenvalue weighted by Crippen LogP contribution is -2.36. The summed E-state index contributed by atoms with van der Waals surface area (Å²) in [5.74, 6) is 3.59. The summed E-state index contributed by atoms with van der Waals surface area (Å²) in [7, 11) is 1.65. The molecule has 3 unspecified atom stereocenters. The van der Waals surface area contributed by atoms with Gasteiger partial charge in [0, 0.05) is 23.9 Å². The predicted molar refractivity (Wildman–Crippen MR) is 83.2 cm³/mol. The molecule has 0 spiro atoms. The first kappa shape index (κ1) is 15.0. The molecule has 3 nitrogen and oxygen atoms in total. The highest BCUT2D eigenvalue weighted by Crippen LogP contribution is 2.37. The lowest BCUT2D eigenvalue weighted by atomic mass is 9.75. The van der Waals surface area contributed by atoms with Gasteiger partial charge in [0.2, 0.25) is 0 Å². The van der Waals surface area contributed by atoms with Crippen LogP contribution in [0.15, 0.2) is 18.2 Å². The van der Waals surface area contributed by atoms with Crippen molar-refractivity contribution < 1.29 is 9.47 Å². The van der Waals surface area contributed by atoms with E-state index in [0.29, 0.717) is 17.5 Å². The fourth-order valence-corrected chi connectivity index (χ4v) is 3.20. The van der Waals surface area contributed by atoms with E-state index in [2.05, 4.69) is 20.8 Å². The van der Waals surface area contributed by atoms with Gasteiger partial charge in [-0.1, -0.05) is 27.2 Å². The van der Waals surface area contributed by atoms with E-state index < -0.39 is 0 Å². The van der Waals surface area contributed by atoms with Gasteiger partial charge in [0.1, 0.15) is 17.6 Å². The van der Waals surface area contributed by atoms with Crippen LogP contribution < -0.4 is 15.2 Å². The van der Waals surface area contributed by atoms with Gasteiger partial charge in [0.25, 0.3) is 0 Å². The van der Waals surface area contributed by atoms with Gasteiger partial charge in [0.05, 0.1) is 7.11 Å². The van der Waals surface area contributed by atoms with Crippen LogP contribution in [0.5, 0.6) is 11.5 Å². The van der Waals surface area contributed by atoms with Crippen molar-refractivity contribution in [1.29, 1.82) is 0 Å². The van der Waals surface area contributed by atoms with E-state index in [9.17, 15) is 0 Å². The molecule has 0 aliphatic heterocycles. The molecule has 1 aliphatic carbocycles. The normalized spacial score (nSPS) is 26.6. The Morgan fingerprint density at radius 1 is 1.15 bits per heavy atom. The maximum atomic E-state index is 6.26. The molecule has 0 aromatic heterocycles. The molecule has 0 radical (unpaired) electrons. The molecule has 1 aliphatic rings. The molecule has 1 fully saturated rings. The minimum atomic E-state index is 0.283. The Kier molecular flexibility index (Phi) is 4.79. The molecule has 1 aromatic carbocycles. The summed E-state index contributed by atoms with van der Waals surface area (Å²) in [6, 6.07) is 5.63. The number of ether oxygens (including phenoxy) is 2. The van der Waals surface area contributed by atoms with E-state index >= 15 is 0 Å². The zero-order chi connectivity index (χ0) is 14.7. The molecule has 2 rings (SSSR count). The topological polar surface area (TPSA) is 44.5 Å². The highest BCUT2D eigenvalue weighted by Gasteiger charge is 2.32. The molecular weight excluding hydrogens is 250 g/mol. The van der Waals surface area contributed by atoms with Crippen molar-refractivity contribution in [3.63, 3.8) is 0 Å². The third kappa shape index (κ3) is 3.59. The third-order valence-corrected chi connectivity index (χ3v) is 4.39. The van der Waals surface area contributed by atoms with Crippen molar-refractivity contribution in [2.75, 3.05) is 12.8 Å². The molecule has 3 heteroatoms. The van der Waals surface area contributed by atoms with Crippen LogP contribution >= 0.6 is 0 Å². The van der Waals surface area contributed by atoms with Crippen LogP contribution in [0.4, 0.5) is 5.69 Å². The second kappa shape index (κ2) is 6.38. The predicted octanol–water partition coefficient (Wildman–Crippen LogP) is 4.12. The molecule has 2 N–H and O–H groups in total. The molecule has 0 amide bonds. The monoisotopic (exact) mass is 277 g/mol. The van der Waals surface area contributed by atoms with E-state index in [1.54, 1.807) is 7.11 Å². The molecular formula is C17H27NO2. The number of benzene rings is 1. The summed E-state index contributed by atoms with van der Waals surface area (Å²) >= 11 is 0. The van der Waals surface area contributed by atoms with Gasteiger partial charge in [-0.05, 0) is 30.6 Å². The molecule has 1 saturated carbocycles. The Bertz CT molecular complexity index is 445. The second-order valence-electron chi connectivity index (χ2n) is 6.42. The molecule has 0 bridgehead atoms. The van der Waals surface area contributed by atoms with Gasteiger partial charge in [-0.25, -0.2) is 0 Å². The van der Waals surface area contributed by atoms with E-state index in [0.717, 1.165) is 23.8 Å². The van der Waals surface area contributed by atoms with Crippen LogP contribution in [0.25, 0.3) is 0 Å². The average Bonchev–Trinajstić information content (AvgIpc) is 2.37. The summed E-state index contributed by atoms with van der Waals surface area (Å²) in [6.07, 6.45) is 3.97. The first-order valence-electron chi connectivity index (χ1n) is 7.60. The number of nitrogens with two attached hydrogens (primary N) is 1. The SMILES string of the molecule is COc1cc(N)cc(OC2CC(C)CCC2C(C)C)c1. The average molecular weight is 277 g/mol. The van der Waals surface area contributed by atoms with Crippen LogP contribution in [-0.2, 0) is 0 Å². The van der Waals surface area contributed by atoms with Crippen LogP contribution in [0.2, 0.25) is 0 Å². The van der Waals surface area contributed by atoms with Gasteiger partial charge >= 0.3 is 0 Å². The maximum Gasteiger partial charge on any atom is 0.125 e. The Labute approximate surface area is 122 Å². The quantitative estimate of drug-likeness (QED) is 0.842. The first-order valence-corrected chi connectivity index (χ1v) is 7.60. The molecule has 0 saturated heterocycles. The third-order valence-electron chi connectivity index (χ3n) is 4.39. The molecule has 20 heavy (non-hydrogen) atoms. The van der Waals surface area contributed by atoms with E-state index in [1.807, 2.05) is 18.2 Å². The van der Waals surface area contributed by atoms with Gasteiger partial charge in [0.15, 0.2) is 0 Å². The molecule has 1 aromatic rings. The fourth-order valence-electron chi connectivity index (χ4n) is 3.20. The van der Waals surface area contributed by atoms with E-state index in [1.165, 1.54) is 12.8 Å². The van der Waals surface area contributed by atoms with E-state index in [-0.39, 0.29) is 6.10 Å². The largest absolute Gasteiger partial charge is 0.497 e. The second-order valence-corrected chi connectivity index (χ2v) is 6.42. The lowest BCUT2D eigenvalue weighted by Gasteiger charge is -2.37. The number of rotatable bonds is 4. The van der Waals surface area contributed by atoms with E-state index in [4.69, 9.17) is 15.2 Å². The molecule has 0 heterocycles. The van der Waals surface area contributed by atoms with Crippen LogP contribution in [0.1, 0.15) is 40.0 Å². The number of hydrogen-bond donors (Lipinski definition) is 1. The van der Waals surface area contributed by atoms with Crippen molar-refractivity contribution >= 4 is 5.69 Å². The van der Waals surface area contributed by atoms with Crippen LogP contribution in [0, 0.1) is 17.8 Å². The highest BCUT2D eigenvalue weighted by atomic mass is 16.5. The Morgan fingerprint density at radius 3 is 2.50 bits per heavy atom. The fraction of sp³-hybridized carbons (Fsp3) is 0.647. The summed E-state index contributed by atoms with van der Waals surface area (Å²) in [6.45, 7) is 6.89. The Hall–Kier alpha value is -1.38. The number of anilines is 1. The van der Waals surface area contributed by atoms with Crippen molar-refractivity contribution in [1.82, 2.24) is 0 Å². The van der Waals surface area contributed by atoms with Gasteiger partial charge < -0.3 is 15.2 Å². The van der Waals surface area contributed by atoms with Crippen molar-refractivity contribution in [3.8, 4) is 11.5 Å². The minimum Gasteiger partial charge on any atom is -0.497 e. The first-order chi connectivity index (χ1) is 9.49. The minimum absolute atomic E-state index is 0.283. The number of nitrogen functional groups attached to an aromatic ring is 1. The molecule has 112 valence electrons. The van der Waals surface area contributed by atoms with Crippen molar-refractivity contribution in [3.05, 3.63) is 18.2 Å². The van der Waals surface area contributed by atoms with Crippen molar-refractivity contribution in [2.24, 2.45) is 17.8 Å². The van der Waals surface area contributed by atoms with Gasteiger partial charge in [-0.3, -0.25) is 0 Å².